The van der Waals surface area contributed by atoms with E-state index in [1.54, 1.807) is 0 Å². The van der Waals surface area contributed by atoms with Crippen LogP contribution in [-0.4, -0.2) is 14.5 Å². The molecule has 0 N–H and O–H groups in total. The van der Waals surface area contributed by atoms with Crippen LogP contribution in [-0.2, 0) is 5.41 Å². The molecule has 0 aliphatic heterocycles. The molecule has 0 bridgehead atoms. The summed E-state index contributed by atoms with van der Waals surface area (Å²) in [5, 5.41) is 11.2. The fourth-order valence-electron chi connectivity index (χ4n) is 4.53. The SMILES string of the molecule is CC(C)(C)c1ccc2[se+]c3cc4ccc5cccc6ccc(c3cc2c1)c4c56. The molecule has 28 heavy (non-hydrogen) atoms. The van der Waals surface area contributed by atoms with Gasteiger partial charge in [0.25, 0.3) is 0 Å². The van der Waals surface area contributed by atoms with Crippen LogP contribution in [0, 0.1) is 0 Å². The molecule has 134 valence electrons. The van der Waals surface area contributed by atoms with Crippen molar-refractivity contribution in [2.75, 3.05) is 0 Å². The Hall–Kier alpha value is -2.47. The Morgan fingerprint density at radius 2 is 1.32 bits per heavy atom. The Kier molecular flexibility index (Phi) is 3.26. The van der Waals surface area contributed by atoms with Gasteiger partial charge in [-0.2, -0.15) is 0 Å². The number of hydrogen-bond donors (Lipinski definition) is 0. The van der Waals surface area contributed by atoms with Crippen molar-refractivity contribution in [2.24, 2.45) is 0 Å². The van der Waals surface area contributed by atoms with Gasteiger partial charge >= 0.3 is 171 Å². The Balaban J connectivity index is 1.80. The van der Waals surface area contributed by atoms with Crippen LogP contribution in [0.5, 0.6) is 0 Å². The number of rotatable bonds is 0. The van der Waals surface area contributed by atoms with Gasteiger partial charge in [0.05, 0.1) is 0 Å². The van der Waals surface area contributed by atoms with Crippen molar-refractivity contribution in [1.82, 2.24) is 0 Å². The van der Waals surface area contributed by atoms with Crippen molar-refractivity contribution in [3.63, 3.8) is 0 Å². The number of benzene rings is 5. The van der Waals surface area contributed by atoms with Gasteiger partial charge in [-0.05, 0) is 0 Å². The molecule has 6 aromatic rings. The zero-order valence-corrected chi connectivity index (χ0v) is 18.0. The van der Waals surface area contributed by atoms with E-state index in [1.807, 2.05) is 0 Å². The average molecular weight is 424 g/mol. The summed E-state index contributed by atoms with van der Waals surface area (Å²) in [6, 6.07) is 27.8. The number of fused-ring (bicyclic) bond motifs is 3. The van der Waals surface area contributed by atoms with Crippen LogP contribution < -0.4 is 0 Å². The van der Waals surface area contributed by atoms with E-state index in [-0.39, 0.29) is 5.41 Å². The Bertz CT molecular complexity index is 1520. The first-order chi connectivity index (χ1) is 13.5. The maximum atomic E-state index is 2.45. The molecule has 0 nitrogen and oxygen atoms in total. The molecule has 0 amide bonds. The topological polar surface area (TPSA) is 0 Å². The minimum absolute atomic E-state index is 0.179. The standard InChI is InChI=1S/C27H21Se/c1-27(2,3)20-10-12-23-19(13-20)14-22-21-11-9-17-6-4-5-16-7-8-18(15-24(22)28-23)26(21)25(16)17/h4-15H,1-3H3/q+1. The second kappa shape index (κ2) is 5.54. The zero-order chi connectivity index (χ0) is 19.0. The molecule has 1 aromatic heterocycles. The predicted octanol–water partition coefficient (Wildman–Crippen LogP) is 7.53. The molecule has 1 heterocycles. The summed E-state index contributed by atoms with van der Waals surface area (Å²) in [5.74, 6) is 0. The van der Waals surface area contributed by atoms with E-state index >= 15 is 0 Å². The normalized spacial score (nSPS) is 12.8. The third-order valence-corrected chi connectivity index (χ3v) is 8.46. The first kappa shape index (κ1) is 16.5. The summed E-state index contributed by atoms with van der Waals surface area (Å²) in [4.78, 5) is 0. The molecule has 0 saturated carbocycles. The van der Waals surface area contributed by atoms with Gasteiger partial charge in [0.15, 0.2) is 0 Å². The van der Waals surface area contributed by atoms with Crippen LogP contribution in [0.4, 0.5) is 0 Å². The molecular formula is C27H21Se+. The van der Waals surface area contributed by atoms with E-state index in [1.165, 1.54) is 57.2 Å². The Morgan fingerprint density at radius 1 is 0.571 bits per heavy atom. The van der Waals surface area contributed by atoms with Crippen molar-refractivity contribution < 1.29 is 0 Å². The third kappa shape index (κ3) is 2.27. The van der Waals surface area contributed by atoms with Gasteiger partial charge in [0.1, 0.15) is 0 Å². The molecule has 0 atom stereocenters. The Morgan fingerprint density at radius 3 is 2.11 bits per heavy atom. The monoisotopic (exact) mass is 425 g/mol. The second-order valence-electron chi connectivity index (χ2n) is 8.89. The first-order valence-electron chi connectivity index (χ1n) is 9.87. The van der Waals surface area contributed by atoms with E-state index in [4.69, 9.17) is 0 Å². The van der Waals surface area contributed by atoms with E-state index in [0.717, 1.165) is 0 Å². The minimum atomic E-state index is 0.179. The van der Waals surface area contributed by atoms with Crippen LogP contribution in [0.3, 0.4) is 0 Å². The van der Waals surface area contributed by atoms with Gasteiger partial charge in [-0.15, -0.1) is 0 Å². The summed E-state index contributed by atoms with van der Waals surface area (Å²) in [6.45, 7) is 6.89. The maximum absolute atomic E-state index is 2.45. The Labute approximate surface area is 170 Å². The van der Waals surface area contributed by atoms with Gasteiger partial charge in [-0.25, -0.2) is 0 Å². The van der Waals surface area contributed by atoms with Crippen molar-refractivity contribution in [3.8, 4) is 0 Å². The molecule has 0 aliphatic carbocycles. The van der Waals surface area contributed by atoms with Crippen LogP contribution in [0.1, 0.15) is 26.3 Å². The van der Waals surface area contributed by atoms with Crippen LogP contribution >= 0.6 is 0 Å². The van der Waals surface area contributed by atoms with Crippen LogP contribution in [0.2, 0.25) is 0 Å². The molecule has 0 radical (unpaired) electrons. The van der Waals surface area contributed by atoms with Crippen molar-refractivity contribution in [3.05, 3.63) is 78.4 Å². The summed E-state index contributed by atoms with van der Waals surface area (Å²) in [6.07, 6.45) is 0. The molecule has 5 aromatic carbocycles. The molecule has 0 fully saturated rings. The van der Waals surface area contributed by atoms with Crippen LogP contribution in [0.15, 0.2) is 72.8 Å². The average Bonchev–Trinajstić information content (AvgIpc) is 2.69. The molecule has 1 heteroatoms. The van der Waals surface area contributed by atoms with Gasteiger partial charge in [0, 0.05) is 0 Å². The van der Waals surface area contributed by atoms with E-state index in [9.17, 15) is 0 Å². The summed E-state index contributed by atoms with van der Waals surface area (Å²) in [5.41, 5.74) is 1.60. The van der Waals surface area contributed by atoms with Gasteiger partial charge in [0.2, 0.25) is 0 Å². The summed E-state index contributed by atoms with van der Waals surface area (Å²) >= 11 is 0.348. The first-order valence-corrected chi connectivity index (χ1v) is 11.6. The quantitative estimate of drug-likeness (QED) is 0.134. The zero-order valence-electron chi connectivity index (χ0n) is 16.3. The molecule has 0 aliphatic rings. The molecule has 0 spiro atoms. The van der Waals surface area contributed by atoms with Gasteiger partial charge < -0.3 is 0 Å². The van der Waals surface area contributed by atoms with E-state index < -0.39 is 0 Å². The summed E-state index contributed by atoms with van der Waals surface area (Å²) < 4.78 is 3.01. The molecule has 6 rings (SSSR count). The van der Waals surface area contributed by atoms with Crippen molar-refractivity contribution >= 4 is 66.1 Å². The molecular weight excluding hydrogens is 403 g/mol. The third-order valence-electron chi connectivity index (χ3n) is 6.05. The van der Waals surface area contributed by atoms with Crippen molar-refractivity contribution in [2.45, 2.75) is 26.2 Å². The number of hydrogen-bond acceptors (Lipinski definition) is 0. The summed E-state index contributed by atoms with van der Waals surface area (Å²) in [7, 11) is 0. The fourth-order valence-corrected chi connectivity index (χ4v) is 6.79. The molecule has 0 unspecified atom stereocenters. The second-order valence-corrected chi connectivity index (χ2v) is 11.2. The van der Waals surface area contributed by atoms with Crippen LogP contribution in [0.25, 0.3) is 51.6 Å². The van der Waals surface area contributed by atoms with Gasteiger partial charge in [-0.3, -0.25) is 0 Å². The molecule has 0 saturated heterocycles. The predicted molar refractivity (Wildman–Crippen MR) is 125 cm³/mol. The fraction of sp³-hybridized carbons (Fsp3) is 0.148. The van der Waals surface area contributed by atoms with E-state index in [2.05, 4.69) is 93.6 Å². The van der Waals surface area contributed by atoms with Crippen molar-refractivity contribution in [1.29, 1.82) is 0 Å². The van der Waals surface area contributed by atoms with Gasteiger partial charge in [-0.1, -0.05) is 0 Å². The van der Waals surface area contributed by atoms with E-state index in [0.29, 0.717) is 14.5 Å².